The molecule has 32 heavy (non-hydrogen) atoms. The summed E-state index contributed by atoms with van der Waals surface area (Å²) in [6, 6.07) is 7.62. The summed E-state index contributed by atoms with van der Waals surface area (Å²) in [5, 5.41) is 3.19. The number of nitrogens with one attached hydrogen (secondary N) is 1. The van der Waals surface area contributed by atoms with E-state index in [4.69, 9.17) is 0 Å². The highest BCUT2D eigenvalue weighted by molar-refractivity contribution is 7.89. The minimum absolute atomic E-state index is 0.0501. The van der Waals surface area contributed by atoms with Crippen LogP contribution in [0.2, 0.25) is 0 Å². The van der Waals surface area contributed by atoms with Gasteiger partial charge in [0, 0.05) is 18.3 Å². The summed E-state index contributed by atoms with van der Waals surface area (Å²) in [6.07, 6.45) is 8.24. The number of hydrogen-bond donors (Lipinski definition) is 1. The second kappa shape index (κ2) is 10.3. The van der Waals surface area contributed by atoms with Crippen LogP contribution >= 0.6 is 0 Å². The molecule has 178 valence electrons. The lowest BCUT2D eigenvalue weighted by molar-refractivity contribution is -0.133. The maximum absolute atomic E-state index is 13.7. The predicted octanol–water partition coefficient (Wildman–Crippen LogP) is 3.24. The molecule has 0 spiro atoms. The number of sulfonamides is 1. The molecule has 2 aliphatic rings. The van der Waals surface area contributed by atoms with Crippen LogP contribution in [0.1, 0.15) is 71.3 Å². The van der Waals surface area contributed by atoms with Gasteiger partial charge in [0.1, 0.15) is 5.54 Å². The van der Waals surface area contributed by atoms with Crippen LogP contribution in [-0.4, -0.2) is 55.0 Å². The van der Waals surface area contributed by atoms with Gasteiger partial charge >= 0.3 is 0 Å². The molecule has 1 aromatic carbocycles. The van der Waals surface area contributed by atoms with Crippen molar-refractivity contribution in [3.63, 3.8) is 0 Å². The first-order valence-corrected chi connectivity index (χ1v) is 13.5. The third kappa shape index (κ3) is 5.17. The van der Waals surface area contributed by atoms with E-state index in [1.807, 2.05) is 31.2 Å². The lowest BCUT2D eigenvalue weighted by Gasteiger charge is -2.47. The number of rotatable bonds is 6. The van der Waals surface area contributed by atoms with Crippen LogP contribution in [0.5, 0.6) is 0 Å². The molecule has 2 amide bonds. The van der Waals surface area contributed by atoms with Gasteiger partial charge in [-0.15, -0.1) is 0 Å². The Morgan fingerprint density at radius 1 is 1.09 bits per heavy atom. The number of piperazine rings is 1. The van der Waals surface area contributed by atoms with Crippen molar-refractivity contribution in [3.05, 3.63) is 29.8 Å². The van der Waals surface area contributed by atoms with Crippen molar-refractivity contribution in [1.82, 2.24) is 9.62 Å². The van der Waals surface area contributed by atoms with Crippen molar-refractivity contribution in [1.29, 1.82) is 0 Å². The smallest absolute Gasteiger partial charge is 0.247 e. The lowest BCUT2D eigenvalue weighted by atomic mass is 9.91. The van der Waals surface area contributed by atoms with Crippen molar-refractivity contribution >= 4 is 27.5 Å². The Balaban J connectivity index is 1.99. The van der Waals surface area contributed by atoms with Gasteiger partial charge in [0.05, 0.1) is 12.3 Å². The molecular formula is C24H37N3O4S. The molecule has 1 heterocycles. The Bertz CT molecular complexity index is 925. The molecule has 1 aliphatic heterocycles. The first-order valence-electron chi connectivity index (χ1n) is 11.9. The topological polar surface area (TPSA) is 86.8 Å². The van der Waals surface area contributed by atoms with Gasteiger partial charge in [-0.25, -0.2) is 8.42 Å². The van der Waals surface area contributed by atoms with E-state index in [9.17, 15) is 18.0 Å². The van der Waals surface area contributed by atoms with Crippen LogP contribution in [-0.2, 0) is 26.0 Å². The van der Waals surface area contributed by atoms with Gasteiger partial charge in [-0.1, -0.05) is 57.2 Å². The quantitative estimate of drug-likeness (QED) is 0.702. The fourth-order valence-electron chi connectivity index (χ4n) is 4.89. The highest BCUT2D eigenvalue weighted by atomic mass is 32.2. The maximum Gasteiger partial charge on any atom is 0.247 e. The highest BCUT2D eigenvalue weighted by Gasteiger charge is 2.51. The molecule has 3 rings (SSSR count). The van der Waals surface area contributed by atoms with Crippen LogP contribution in [0.15, 0.2) is 24.3 Å². The molecule has 0 radical (unpaired) electrons. The number of nitrogens with zero attached hydrogens (tertiary/aromatic N) is 2. The minimum atomic E-state index is -3.62. The molecule has 1 aliphatic carbocycles. The number of hydrogen-bond acceptors (Lipinski definition) is 4. The first-order chi connectivity index (χ1) is 15.2. The van der Waals surface area contributed by atoms with E-state index in [0.717, 1.165) is 31.2 Å². The zero-order valence-electron chi connectivity index (χ0n) is 19.6. The van der Waals surface area contributed by atoms with Crippen molar-refractivity contribution < 1.29 is 18.0 Å². The molecule has 0 bridgehead atoms. The summed E-state index contributed by atoms with van der Waals surface area (Å²) in [4.78, 5) is 28.7. The van der Waals surface area contributed by atoms with Crippen molar-refractivity contribution in [2.45, 2.75) is 83.7 Å². The van der Waals surface area contributed by atoms with Gasteiger partial charge < -0.3 is 5.32 Å². The number of benzene rings is 1. The Kier molecular flexibility index (Phi) is 7.98. The zero-order chi connectivity index (χ0) is 23.4. The van der Waals surface area contributed by atoms with Gasteiger partial charge in [-0.3, -0.25) is 14.5 Å². The standard InChI is InChI=1S/C24H37N3O4S/c1-4-19-13-11-12-16-21(19)27-22(28)17-26(32(30,31)5-2)18-24(27,3)23(29)25-20-14-9-7-6-8-10-15-20/h11-13,16,20H,4-10,14-15,17-18H2,1-3H3,(H,25,29)/t24-/m0/s1. The van der Waals surface area contributed by atoms with Crippen LogP contribution in [0.3, 0.4) is 0 Å². The van der Waals surface area contributed by atoms with Crippen LogP contribution < -0.4 is 10.2 Å². The van der Waals surface area contributed by atoms with Crippen molar-refractivity contribution in [2.75, 3.05) is 23.7 Å². The average Bonchev–Trinajstić information content (AvgIpc) is 2.75. The maximum atomic E-state index is 13.7. The molecule has 1 aromatic rings. The summed E-state index contributed by atoms with van der Waals surface area (Å²) in [5.74, 6) is -0.755. The van der Waals surface area contributed by atoms with E-state index in [2.05, 4.69) is 5.32 Å². The molecule has 1 saturated heterocycles. The fraction of sp³-hybridized carbons (Fsp3) is 0.667. The summed E-state index contributed by atoms with van der Waals surface area (Å²) >= 11 is 0. The van der Waals surface area contributed by atoms with Crippen LogP contribution in [0.25, 0.3) is 0 Å². The van der Waals surface area contributed by atoms with Gasteiger partial charge in [0.15, 0.2) is 0 Å². The molecule has 1 atom stereocenters. The van der Waals surface area contributed by atoms with Gasteiger partial charge in [-0.05, 0) is 44.7 Å². The first kappa shape index (κ1) is 24.7. The van der Waals surface area contributed by atoms with Crippen LogP contribution in [0, 0.1) is 0 Å². The summed E-state index contributed by atoms with van der Waals surface area (Å²) in [5.41, 5.74) is 0.312. The van der Waals surface area contributed by atoms with Crippen molar-refractivity contribution in [2.24, 2.45) is 0 Å². The Hall–Kier alpha value is -1.93. The van der Waals surface area contributed by atoms with Gasteiger partial charge in [0.25, 0.3) is 0 Å². The Morgan fingerprint density at radius 2 is 1.72 bits per heavy atom. The third-order valence-corrected chi connectivity index (χ3v) is 8.61. The van der Waals surface area contributed by atoms with Crippen molar-refractivity contribution in [3.8, 4) is 0 Å². The third-order valence-electron chi connectivity index (χ3n) is 6.84. The number of amides is 2. The average molecular weight is 464 g/mol. The molecule has 1 saturated carbocycles. The van der Waals surface area contributed by atoms with E-state index in [0.29, 0.717) is 12.1 Å². The zero-order valence-corrected chi connectivity index (χ0v) is 20.4. The normalized spacial score (nSPS) is 24.1. The van der Waals surface area contributed by atoms with E-state index >= 15 is 0 Å². The molecule has 1 N–H and O–H groups in total. The largest absolute Gasteiger partial charge is 0.351 e. The molecule has 2 fully saturated rings. The molecule has 0 aromatic heterocycles. The predicted molar refractivity (Wildman–Crippen MR) is 127 cm³/mol. The number of para-hydroxylation sites is 1. The lowest BCUT2D eigenvalue weighted by Crippen LogP contribution is -2.71. The Labute approximate surface area is 192 Å². The Morgan fingerprint density at radius 3 is 2.34 bits per heavy atom. The van der Waals surface area contributed by atoms with E-state index < -0.39 is 15.6 Å². The molecule has 8 heteroatoms. The molecular weight excluding hydrogens is 426 g/mol. The summed E-state index contributed by atoms with van der Waals surface area (Å²) < 4.78 is 26.5. The van der Waals surface area contributed by atoms with Gasteiger partial charge in [0.2, 0.25) is 21.8 Å². The van der Waals surface area contributed by atoms with Gasteiger partial charge in [-0.2, -0.15) is 4.31 Å². The molecule has 7 nitrogen and oxygen atoms in total. The highest BCUT2D eigenvalue weighted by Crippen LogP contribution is 2.33. The number of carbonyl (C=O) groups is 2. The number of aryl methyl sites for hydroxylation is 1. The minimum Gasteiger partial charge on any atom is -0.351 e. The monoisotopic (exact) mass is 463 g/mol. The van der Waals surface area contributed by atoms with E-state index in [1.54, 1.807) is 18.7 Å². The second-order valence-corrected chi connectivity index (χ2v) is 11.4. The van der Waals surface area contributed by atoms with E-state index in [1.165, 1.54) is 23.6 Å². The fourth-order valence-corrected chi connectivity index (χ4v) is 6.01. The summed E-state index contributed by atoms with van der Waals surface area (Å²) in [6.45, 7) is 4.97. The van der Waals surface area contributed by atoms with Crippen LogP contribution in [0.4, 0.5) is 5.69 Å². The number of anilines is 1. The summed E-state index contributed by atoms with van der Waals surface area (Å²) in [7, 11) is -3.62. The molecule has 0 unspecified atom stereocenters. The second-order valence-electron chi connectivity index (χ2n) is 9.17. The SMILES string of the molecule is CCc1ccccc1N1C(=O)CN(S(=O)(=O)CC)C[C@@]1(C)C(=O)NC1CCCCCCC1. The van der Waals surface area contributed by atoms with E-state index in [-0.39, 0.29) is 36.7 Å². The number of carbonyl (C=O) groups excluding carboxylic acids is 2.